The van der Waals surface area contributed by atoms with E-state index < -0.39 is 5.97 Å². The molecule has 1 N–H and O–H groups in total. The number of rotatable bonds is 7. The molecule has 4 heteroatoms. The maximum absolute atomic E-state index is 10.8. The predicted molar refractivity (Wildman–Crippen MR) is 101 cm³/mol. The summed E-state index contributed by atoms with van der Waals surface area (Å²) in [5.74, 6) is -0.0314. The molecule has 0 aliphatic heterocycles. The minimum absolute atomic E-state index is 0.0152. The molecular formula is C22H21NO3. The van der Waals surface area contributed by atoms with E-state index in [0.29, 0.717) is 6.61 Å². The standard InChI is InChI=1S/C22H21NO3/c1-16(13-22(24)25)18-5-7-21(8-6-18)26-15-17-3-2-4-20(14-17)19-9-11-23-12-10-19/h2-12,14,16H,13,15H2,1H3,(H,24,25). The predicted octanol–water partition coefficient (Wildman–Crippen LogP) is 4.91. The van der Waals surface area contributed by atoms with Crippen LogP contribution in [0.15, 0.2) is 73.1 Å². The Kier molecular flexibility index (Phi) is 5.64. The molecule has 132 valence electrons. The number of nitrogens with zero attached hydrogens (tertiary/aromatic N) is 1. The summed E-state index contributed by atoms with van der Waals surface area (Å²) >= 11 is 0. The molecule has 3 aromatic rings. The van der Waals surface area contributed by atoms with Gasteiger partial charge in [-0.05, 0) is 58.5 Å². The molecule has 0 radical (unpaired) electrons. The first kappa shape index (κ1) is 17.7. The van der Waals surface area contributed by atoms with E-state index in [-0.39, 0.29) is 12.3 Å². The van der Waals surface area contributed by atoms with Crippen molar-refractivity contribution >= 4 is 5.97 Å². The van der Waals surface area contributed by atoms with E-state index >= 15 is 0 Å². The third-order valence-corrected chi connectivity index (χ3v) is 4.28. The van der Waals surface area contributed by atoms with Crippen molar-refractivity contribution in [3.8, 4) is 16.9 Å². The Morgan fingerprint density at radius 2 is 1.77 bits per heavy atom. The van der Waals surface area contributed by atoms with E-state index in [1.54, 1.807) is 12.4 Å². The Labute approximate surface area is 153 Å². The number of pyridine rings is 1. The van der Waals surface area contributed by atoms with Crippen LogP contribution >= 0.6 is 0 Å². The lowest BCUT2D eigenvalue weighted by atomic mass is 9.98. The third kappa shape index (κ3) is 4.70. The molecule has 0 fully saturated rings. The van der Waals surface area contributed by atoms with Gasteiger partial charge in [-0.15, -0.1) is 0 Å². The van der Waals surface area contributed by atoms with Crippen LogP contribution in [0.5, 0.6) is 5.75 Å². The average Bonchev–Trinajstić information content (AvgIpc) is 2.67. The fourth-order valence-corrected chi connectivity index (χ4v) is 2.82. The number of benzene rings is 2. The van der Waals surface area contributed by atoms with E-state index in [2.05, 4.69) is 17.1 Å². The number of aromatic nitrogens is 1. The molecule has 1 unspecified atom stereocenters. The van der Waals surface area contributed by atoms with Gasteiger partial charge in [0.15, 0.2) is 0 Å². The number of carboxylic acid groups (broad SMARTS) is 1. The fourth-order valence-electron chi connectivity index (χ4n) is 2.82. The quantitative estimate of drug-likeness (QED) is 0.660. The summed E-state index contributed by atoms with van der Waals surface area (Å²) in [6.07, 6.45) is 3.69. The van der Waals surface area contributed by atoms with Gasteiger partial charge < -0.3 is 9.84 Å². The Bertz CT molecular complexity index is 860. The lowest BCUT2D eigenvalue weighted by molar-refractivity contribution is -0.137. The van der Waals surface area contributed by atoms with Crippen LogP contribution in [0, 0.1) is 0 Å². The van der Waals surface area contributed by atoms with Crippen molar-refractivity contribution < 1.29 is 14.6 Å². The molecule has 4 nitrogen and oxygen atoms in total. The number of carboxylic acids is 1. The minimum Gasteiger partial charge on any atom is -0.489 e. The smallest absolute Gasteiger partial charge is 0.303 e. The summed E-state index contributed by atoms with van der Waals surface area (Å²) in [5.41, 5.74) is 4.34. The van der Waals surface area contributed by atoms with Crippen molar-refractivity contribution in [2.45, 2.75) is 25.9 Å². The molecule has 26 heavy (non-hydrogen) atoms. The summed E-state index contributed by atoms with van der Waals surface area (Å²) in [7, 11) is 0. The zero-order valence-electron chi connectivity index (χ0n) is 14.6. The van der Waals surface area contributed by atoms with Gasteiger partial charge in [-0.3, -0.25) is 9.78 Å². The molecule has 0 amide bonds. The van der Waals surface area contributed by atoms with Gasteiger partial charge in [0.1, 0.15) is 12.4 Å². The van der Waals surface area contributed by atoms with Gasteiger partial charge in [0.2, 0.25) is 0 Å². The second-order valence-corrected chi connectivity index (χ2v) is 6.29. The van der Waals surface area contributed by atoms with Gasteiger partial charge >= 0.3 is 5.97 Å². The monoisotopic (exact) mass is 347 g/mol. The lowest BCUT2D eigenvalue weighted by Crippen LogP contribution is -2.03. The van der Waals surface area contributed by atoms with Crippen molar-refractivity contribution in [1.82, 2.24) is 4.98 Å². The largest absolute Gasteiger partial charge is 0.489 e. The molecule has 1 heterocycles. The van der Waals surface area contributed by atoms with Gasteiger partial charge in [-0.25, -0.2) is 0 Å². The molecule has 0 aliphatic rings. The van der Waals surface area contributed by atoms with Gasteiger partial charge in [0.05, 0.1) is 6.42 Å². The molecule has 0 aliphatic carbocycles. The number of carbonyl (C=O) groups is 1. The first-order valence-corrected chi connectivity index (χ1v) is 8.56. The first-order valence-electron chi connectivity index (χ1n) is 8.56. The molecule has 0 bridgehead atoms. The van der Waals surface area contributed by atoms with Gasteiger partial charge in [-0.2, -0.15) is 0 Å². The average molecular weight is 347 g/mol. The minimum atomic E-state index is -0.785. The van der Waals surface area contributed by atoms with Crippen molar-refractivity contribution in [3.05, 3.63) is 84.2 Å². The number of ether oxygens (including phenoxy) is 1. The van der Waals surface area contributed by atoms with Crippen LogP contribution in [-0.4, -0.2) is 16.1 Å². The Morgan fingerprint density at radius 3 is 2.46 bits per heavy atom. The van der Waals surface area contributed by atoms with Crippen LogP contribution in [0.25, 0.3) is 11.1 Å². The highest BCUT2D eigenvalue weighted by Gasteiger charge is 2.10. The number of hydrogen-bond donors (Lipinski definition) is 1. The van der Waals surface area contributed by atoms with Crippen molar-refractivity contribution in [2.75, 3.05) is 0 Å². The molecule has 1 aromatic heterocycles. The highest BCUT2D eigenvalue weighted by molar-refractivity contribution is 5.68. The van der Waals surface area contributed by atoms with E-state index in [1.807, 2.05) is 55.5 Å². The maximum atomic E-state index is 10.8. The van der Waals surface area contributed by atoms with Crippen LogP contribution in [-0.2, 0) is 11.4 Å². The van der Waals surface area contributed by atoms with Crippen molar-refractivity contribution in [3.63, 3.8) is 0 Å². The topological polar surface area (TPSA) is 59.4 Å². The maximum Gasteiger partial charge on any atom is 0.303 e. The summed E-state index contributed by atoms with van der Waals surface area (Å²) in [4.78, 5) is 14.9. The van der Waals surface area contributed by atoms with Crippen LogP contribution in [0.3, 0.4) is 0 Å². The molecule has 2 aromatic carbocycles. The molecule has 1 atom stereocenters. The van der Waals surface area contributed by atoms with Crippen LogP contribution in [0.1, 0.15) is 30.4 Å². The van der Waals surface area contributed by atoms with Crippen LogP contribution in [0.2, 0.25) is 0 Å². The Balaban J connectivity index is 1.63. The number of aliphatic carboxylic acids is 1. The molecule has 0 saturated carbocycles. The second-order valence-electron chi connectivity index (χ2n) is 6.29. The highest BCUT2D eigenvalue weighted by Crippen LogP contribution is 2.23. The lowest BCUT2D eigenvalue weighted by Gasteiger charge is -2.11. The normalized spacial score (nSPS) is 11.7. The SMILES string of the molecule is CC(CC(=O)O)c1ccc(OCc2cccc(-c3ccncc3)c2)cc1. The summed E-state index contributed by atoms with van der Waals surface area (Å²) in [6.45, 7) is 2.39. The van der Waals surface area contributed by atoms with E-state index in [1.165, 1.54) is 0 Å². The zero-order chi connectivity index (χ0) is 18.4. The molecular weight excluding hydrogens is 326 g/mol. The Hall–Kier alpha value is -3.14. The van der Waals surface area contributed by atoms with Crippen LogP contribution < -0.4 is 4.74 Å². The van der Waals surface area contributed by atoms with Gasteiger partial charge in [0.25, 0.3) is 0 Å². The summed E-state index contributed by atoms with van der Waals surface area (Å²) in [6, 6.07) is 19.8. The second kappa shape index (κ2) is 8.30. The third-order valence-electron chi connectivity index (χ3n) is 4.28. The van der Waals surface area contributed by atoms with E-state index in [9.17, 15) is 4.79 Å². The van der Waals surface area contributed by atoms with Gasteiger partial charge in [0, 0.05) is 12.4 Å². The van der Waals surface area contributed by atoms with Gasteiger partial charge in [-0.1, -0.05) is 37.3 Å². The summed E-state index contributed by atoms with van der Waals surface area (Å²) in [5, 5.41) is 8.89. The van der Waals surface area contributed by atoms with Crippen molar-refractivity contribution in [2.24, 2.45) is 0 Å². The van der Waals surface area contributed by atoms with Crippen molar-refractivity contribution in [1.29, 1.82) is 0 Å². The molecule has 0 saturated heterocycles. The van der Waals surface area contributed by atoms with E-state index in [4.69, 9.17) is 9.84 Å². The fraction of sp³-hybridized carbons (Fsp3) is 0.182. The van der Waals surface area contributed by atoms with Crippen LogP contribution in [0.4, 0.5) is 0 Å². The summed E-state index contributed by atoms with van der Waals surface area (Å²) < 4.78 is 5.87. The molecule has 3 rings (SSSR count). The number of hydrogen-bond acceptors (Lipinski definition) is 3. The Morgan fingerprint density at radius 1 is 1.04 bits per heavy atom. The first-order chi connectivity index (χ1) is 12.6. The highest BCUT2D eigenvalue weighted by atomic mass is 16.5. The zero-order valence-corrected chi connectivity index (χ0v) is 14.6. The van der Waals surface area contributed by atoms with E-state index in [0.717, 1.165) is 28.0 Å². The molecule has 0 spiro atoms.